The molecule has 0 aliphatic heterocycles. The molecule has 0 aromatic heterocycles. The van der Waals surface area contributed by atoms with Gasteiger partial charge in [-0.3, -0.25) is 4.79 Å². The van der Waals surface area contributed by atoms with Crippen molar-refractivity contribution in [2.45, 2.75) is 40.2 Å². The normalized spacial score (nSPS) is 23.2. The molecule has 0 heterocycles. The average molecular weight is 198 g/mol. The summed E-state index contributed by atoms with van der Waals surface area (Å²) in [5, 5.41) is 6.06. The van der Waals surface area contributed by atoms with E-state index in [-0.39, 0.29) is 16.7 Å². The molecule has 2 N–H and O–H groups in total. The first-order chi connectivity index (χ1) is 6.34. The highest BCUT2D eigenvalue weighted by atomic mass is 16.1. The van der Waals surface area contributed by atoms with Gasteiger partial charge in [0.25, 0.3) is 0 Å². The van der Waals surface area contributed by atoms with Gasteiger partial charge in [0, 0.05) is 19.0 Å². The van der Waals surface area contributed by atoms with Gasteiger partial charge in [-0.1, -0.05) is 27.7 Å². The standard InChI is InChI=1S/C11H22N2O/c1-10(2)9(11(10,3)4)13-8(14)6-7-12-5/h9,12H,6-7H2,1-5H3,(H,13,14). The highest BCUT2D eigenvalue weighted by Crippen LogP contribution is 2.62. The van der Waals surface area contributed by atoms with Gasteiger partial charge < -0.3 is 10.6 Å². The molecule has 1 saturated carbocycles. The van der Waals surface area contributed by atoms with E-state index < -0.39 is 0 Å². The van der Waals surface area contributed by atoms with E-state index in [9.17, 15) is 4.79 Å². The number of carbonyl (C=O) groups is 1. The summed E-state index contributed by atoms with van der Waals surface area (Å²) in [6.07, 6.45) is 0.569. The van der Waals surface area contributed by atoms with Crippen LogP contribution in [0.5, 0.6) is 0 Å². The van der Waals surface area contributed by atoms with E-state index in [2.05, 4.69) is 38.3 Å². The van der Waals surface area contributed by atoms with E-state index in [1.165, 1.54) is 0 Å². The van der Waals surface area contributed by atoms with Crippen LogP contribution in [0.4, 0.5) is 0 Å². The van der Waals surface area contributed by atoms with Crippen LogP contribution in [-0.4, -0.2) is 25.5 Å². The molecule has 0 aromatic rings. The van der Waals surface area contributed by atoms with Crippen LogP contribution in [0.2, 0.25) is 0 Å². The summed E-state index contributed by atoms with van der Waals surface area (Å²) in [4.78, 5) is 11.5. The van der Waals surface area contributed by atoms with Gasteiger partial charge in [-0.25, -0.2) is 0 Å². The van der Waals surface area contributed by atoms with Crippen LogP contribution in [-0.2, 0) is 4.79 Å². The van der Waals surface area contributed by atoms with Gasteiger partial charge in [0.05, 0.1) is 0 Å². The highest BCUT2D eigenvalue weighted by molar-refractivity contribution is 5.77. The third kappa shape index (κ3) is 1.78. The lowest BCUT2D eigenvalue weighted by Crippen LogP contribution is -2.31. The molecule has 0 saturated heterocycles. The molecule has 3 heteroatoms. The monoisotopic (exact) mass is 198 g/mol. The van der Waals surface area contributed by atoms with Crippen LogP contribution in [0.25, 0.3) is 0 Å². The summed E-state index contributed by atoms with van der Waals surface area (Å²) < 4.78 is 0. The second kappa shape index (κ2) is 3.54. The molecule has 1 fully saturated rings. The molecular weight excluding hydrogens is 176 g/mol. The first kappa shape index (κ1) is 11.5. The Hall–Kier alpha value is -0.570. The van der Waals surface area contributed by atoms with E-state index >= 15 is 0 Å². The van der Waals surface area contributed by atoms with Gasteiger partial charge in [0.15, 0.2) is 0 Å². The summed E-state index contributed by atoms with van der Waals surface area (Å²) in [5.74, 6) is 0.156. The van der Waals surface area contributed by atoms with Crippen molar-refractivity contribution >= 4 is 5.91 Å². The fraction of sp³-hybridized carbons (Fsp3) is 0.909. The minimum atomic E-state index is 0.156. The molecule has 1 aliphatic rings. The van der Waals surface area contributed by atoms with Crippen LogP contribution in [0, 0.1) is 10.8 Å². The molecule has 0 spiro atoms. The molecule has 1 amide bonds. The zero-order chi connectivity index (χ0) is 11.0. The van der Waals surface area contributed by atoms with E-state index in [1.54, 1.807) is 0 Å². The Labute approximate surface area is 86.6 Å². The number of amides is 1. The number of carbonyl (C=O) groups excluding carboxylic acids is 1. The Balaban J connectivity index is 2.37. The second-order valence-corrected chi connectivity index (χ2v) is 5.30. The number of hydrogen-bond acceptors (Lipinski definition) is 2. The molecule has 1 aliphatic carbocycles. The van der Waals surface area contributed by atoms with Gasteiger partial charge in [-0.15, -0.1) is 0 Å². The zero-order valence-electron chi connectivity index (χ0n) is 9.90. The predicted molar refractivity (Wildman–Crippen MR) is 58.0 cm³/mol. The van der Waals surface area contributed by atoms with Crippen LogP contribution in [0.15, 0.2) is 0 Å². The lowest BCUT2D eigenvalue weighted by molar-refractivity contribution is -0.121. The average Bonchev–Trinajstić information content (AvgIpc) is 2.44. The Morgan fingerprint density at radius 2 is 1.71 bits per heavy atom. The first-order valence-electron chi connectivity index (χ1n) is 5.28. The molecule has 14 heavy (non-hydrogen) atoms. The Kier molecular flexibility index (Phi) is 2.91. The highest BCUT2D eigenvalue weighted by Gasteiger charge is 2.65. The molecule has 0 unspecified atom stereocenters. The Bertz CT molecular complexity index is 219. The van der Waals surface area contributed by atoms with Gasteiger partial charge >= 0.3 is 0 Å². The van der Waals surface area contributed by atoms with Crippen molar-refractivity contribution in [2.24, 2.45) is 10.8 Å². The van der Waals surface area contributed by atoms with Crippen molar-refractivity contribution in [3.05, 3.63) is 0 Å². The fourth-order valence-corrected chi connectivity index (χ4v) is 2.03. The third-order valence-corrected chi connectivity index (χ3v) is 3.93. The lowest BCUT2D eigenvalue weighted by atomic mass is 10.0. The number of nitrogens with one attached hydrogen (secondary N) is 2. The van der Waals surface area contributed by atoms with Crippen molar-refractivity contribution in [1.29, 1.82) is 0 Å². The minimum absolute atomic E-state index is 0.156. The SMILES string of the molecule is CNCCC(=O)NC1C(C)(C)C1(C)C. The van der Waals surface area contributed by atoms with Crippen LogP contribution in [0.3, 0.4) is 0 Å². The van der Waals surface area contributed by atoms with Crippen LogP contribution >= 0.6 is 0 Å². The smallest absolute Gasteiger partial charge is 0.221 e. The summed E-state index contributed by atoms with van der Waals surface area (Å²) in [6, 6.07) is 0.333. The fourth-order valence-electron chi connectivity index (χ4n) is 2.03. The number of hydrogen-bond donors (Lipinski definition) is 2. The van der Waals surface area contributed by atoms with Crippen molar-refractivity contribution in [1.82, 2.24) is 10.6 Å². The molecule has 3 nitrogen and oxygen atoms in total. The largest absolute Gasteiger partial charge is 0.352 e. The quantitative estimate of drug-likeness (QED) is 0.711. The maximum atomic E-state index is 11.5. The van der Waals surface area contributed by atoms with E-state index in [1.807, 2.05) is 7.05 Å². The van der Waals surface area contributed by atoms with Crippen molar-refractivity contribution in [2.75, 3.05) is 13.6 Å². The maximum absolute atomic E-state index is 11.5. The van der Waals surface area contributed by atoms with Crippen molar-refractivity contribution < 1.29 is 4.79 Å². The van der Waals surface area contributed by atoms with Crippen molar-refractivity contribution in [3.63, 3.8) is 0 Å². The molecule has 82 valence electrons. The topological polar surface area (TPSA) is 41.1 Å². The molecule has 1 rings (SSSR count). The third-order valence-electron chi connectivity index (χ3n) is 3.93. The molecule has 0 radical (unpaired) electrons. The maximum Gasteiger partial charge on any atom is 0.221 e. The predicted octanol–water partition coefficient (Wildman–Crippen LogP) is 1.15. The molecule has 0 aromatic carbocycles. The second-order valence-electron chi connectivity index (χ2n) is 5.30. The summed E-state index contributed by atoms with van der Waals surface area (Å²) >= 11 is 0. The molecule has 0 bridgehead atoms. The number of rotatable bonds is 4. The van der Waals surface area contributed by atoms with Crippen molar-refractivity contribution in [3.8, 4) is 0 Å². The van der Waals surface area contributed by atoms with Gasteiger partial charge in [0.2, 0.25) is 5.91 Å². The lowest BCUT2D eigenvalue weighted by Gasteiger charge is -2.06. The summed E-state index contributed by atoms with van der Waals surface area (Å²) in [6.45, 7) is 9.57. The van der Waals surface area contributed by atoms with E-state index in [0.29, 0.717) is 12.5 Å². The summed E-state index contributed by atoms with van der Waals surface area (Å²) in [5.41, 5.74) is 0.477. The van der Waals surface area contributed by atoms with Crippen LogP contribution < -0.4 is 10.6 Å². The zero-order valence-corrected chi connectivity index (χ0v) is 9.90. The van der Waals surface area contributed by atoms with E-state index in [4.69, 9.17) is 0 Å². The van der Waals surface area contributed by atoms with Gasteiger partial charge in [-0.2, -0.15) is 0 Å². The Morgan fingerprint density at radius 3 is 2.07 bits per heavy atom. The van der Waals surface area contributed by atoms with Crippen LogP contribution in [0.1, 0.15) is 34.1 Å². The molecule has 0 atom stereocenters. The first-order valence-corrected chi connectivity index (χ1v) is 5.28. The summed E-state index contributed by atoms with van der Waals surface area (Å²) in [7, 11) is 1.86. The van der Waals surface area contributed by atoms with Gasteiger partial charge in [-0.05, 0) is 17.9 Å². The van der Waals surface area contributed by atoms with Gasteiger partial charge in [0.1, 0.15) is 0 Å². The minimum Gasteiger partial charge on any atom is -0.352 e. The van der Waals surface area contributed by atoms with E-state index in [0.717, 1.165) is 6.54 Å². The Morgan fingerprint density at radius 1 is 1.21 bits per heavy atom. The molecular formula is C11H22N2O.